The van der Waals surface area contributed by atoms with Gasteiger partial charge in [-0.3, -0.25) is 4.68 Å². The van der Waals surface area contributed by atoms with Crippen LogP contribution in [0.15, 0.2) is 23.2 Å². The summed E-state index contributed by atoms with van der Waals surface area (Å²) in [6, 6.07) is 5.12. The molecule has 0 amide bonds. The molecule has 0 aliphatic rings. The fourth-order valence-corrected chi connectivity index (χ4v) is 3.08. The van der Waals surface area contributed by atoms with Gasteiger partial charge in [0.05, 0.1) is 12.2 Å². The van der Waals surface area contributed by atoms with Gasteiger partial charge in [0, 0.05) is 31.4 Å². The van der Waals surface area contributed by atoms with Crippen LogP contribution in [-0.4, -0.2) is 22.3 Å². The lowest BCUT2D eigenvalue weighted by atomic mass is 10.1. The standard InChI is InChI=1S/C20H30FN5/c1-6-18-16(19(7-2)26(5)25-18)13-24-20(22-8-3)23-12-15-9-10-17(21)14(4)11-15/h9-11H,6-8,12-13H2,1-5H3,(H2,22,23,24). The van der Waals surface area contributed by atoms with Gasteiger partial charge in [0.2, 0.25) is 0 Å². The zero-order chi connectivity index (χ0) is 19.1. The third-order valence-electron chi connectivity index (χ3n) is 4.45. The molecule has 1 aromatic heterocycles. The Labute approximate surface area is 155 Å². The normalized spacial score (nSPS) is 11.7. The molecule has 6 heteroatoms. The molecule has 1 aromatic carbocycles. The van der Waals surface area contributed by atoms with Gasteiger partial charge in [-0.15, -0.1) is 0 Å². The molecule has 1 heterocycles. The van der Waals surface area contributed by atoms with Crippen LogP contribution in [0, 0.1) is 12.7 Å². The second-order valence-electron chi connectivity index (χ2n) is 6.33. The van der Waals surface area contributed by atoms with Crippen molar-refractivity contribution < 1.29 is 4.39 Å². The fourth-order valence-electron chi connectivity index (χ4n) is 3.08. The minimum atomic E-state index is -0.182. The molecule has 0 aliphatic heterocycles. The van der Waals surface area contributed by atoms with Crippen molar-refractivity contribution in [1.82, 2.24) is 20.4 Å². The molecule has 5 nitrogen and oxygen atoms in total. The Balaban J connectivity index is 2.12. The molecule has 0 aliphatic carbocycles. The highest BCUT2D eigenvalue weighted by molar-refractivity contribution is 5.79. The predicted octanol–water partition coefficient (Wildman–Crippen LogP) is 3.25. The summed E-state index contributed by atoms with van der Waals surface area (Å²) in [7, 11) is 2.00. The van der Waals surface area contributed by atoms with Crippen LogP contribution >= 0.6 is 0 Å². The summed E-state index contributed by atoms with van der Waals surface area (Å²) in [5.74, 6) is 0.570. The van der Waals surface area contributed by atoms with Crippen LogP contribution in [0.1, 0.15) is 48.8 Å². The average molecular weight is 359 g/mol. The summed E-state index contributed by atoms with van der Waals surface area (Å²) in [6.45, 7) is 10.1. The first-order valence-corrected chi connectivity index (χ1v) is 9.30. The third kappa shape index (κ3) is 4.84. The largest absolute Gasteiger partial charge is 0.357 e. The quantitative estimate of drug-likeness (QED) is 0.589. The van der Waals surface area contributed by atoms with Crippen molar-refractivity contribution >= 4 is 5.96 Å². The highest BCUT2D eigenvalue weighted by atomic mass is 19.1. The molecule has 0 fully saturated rings. The number of nitrogens with zero attached hydrogens (tertiary/aromatic N) is 3. The van der Waals surface area contributed by atoms with E-state index in [1.807, 2.05) is 24.7 Å². The fraction of sp³-hybridized carbons (Fsp3) is 0.500. The number of rotatable bonds is 7. The van der Waals surface area contributed by atoms with Crippen molar-refractivity contribution in [1.29, 1.82) is 0 Å². The number of halogens is 1. The molecule has 2 rings (SSSR count). The van der Waals surface area contributed by atoms with Gasteiger partial charge in [-0.05, 0) is 43.9 Å². The number of guanidine groups is 1. The Morgan fingerprint density at radius 1 is 1.19 bits per heavy atom. The van der Waals surface area contributed by atoms with E-state index in [-0.39, 0.29) is 5.82 Å². The lowest BCUT2D eigenvalue weighted by Gasteiger charge is -2.12. The van der Waals surface area contributed by atoms with Crippen molar-refractivity contribution in [2.75, 3.05) is 6.54 Å². The van der Waals surface area contributed by atoms with Crippen molar-refractivity contribution in [2.24, 2.45) is 12.0 Å². The van der Waals surface area contributed by atoms with E-state index in [1.54, 1.807) is 13.0 Å². The molecule has 0 radical (unpaired) electrons. The lowest BCUT2D eigenvalue weighted by molar-refractivity contribution is 0.617. The SMILES string of the molecule is CCNC(=NCc1ccc(F)c(C)c1)NCc1c(CC)nn(C)c1CC. The van der Waals surface area contributed by atoms with Crippen LogP contribution in [0.2, 0.25) is 0 Å². The number of nitrogens with one attached hydrogen (secondary N) is 2. The van der Waals surface area contributed by atoms with Crippen molar-refractivity contribution in [3.63, 3.8) is 0 Å². The van der Waals surface area contributed by atoms with E-state index in [2.05, 4.69) is 34.6 Å². The number of aromatic nitrogens is 2. The van der Waals surface area contributed by atoms with Gasteiger partial charge in [0.25, 0.3) is 0 Å². The number of hydrogen-bond donors (Lipinski definition) is 2. The maximum Gasteiger partial charge on any atom is 0.191 e. The van der Waals surface area contributed by atoms with E-state index >= 15 is 0 Å². The van der Waals surface area contributed by atoms with Crippen LogP contribution in [0.3, 0.4) is 0 Å². The molecule has 142 valence electrons. The van der Waals surface area contributed by atoms with Gasteiger partial charge in [0.1, 0.15) is 5.82 Å². The summed E-state index contributed by atoms with van der Waals surface area (Å²) in [6.07, 6.45) is 1.86. The van der Waals surface area contributed by atoms with Crippen molar-refractivity contribution in [2.45, 2.75) is 53.6 Å². The Morgan fingerprint density at radius 3 is 2.58 bits per heavy atom. The molecule has 0 saturated heterocycles. The van der Waals surface area contributed by atoms with Crippen LogP contribution < -0.4 is 10.6 Å². The number of hydrogen-bond acceptors (Lipinski definition) is 2. The predicted molar refractivity (Wildman–Crippen MR) is 105 cm³/mol. The zero-order valence-electron chi connectivity index (χ0n) is 16.5. The van der Waals surface area contributed by atoms with Crippen LogP contribution in [-0.2, 0) is 33.0 Å². The molecule has 0 saturated carbocycles. The van der Waals surface area contributed by atoms with Gasteiger partial charge in [-0.25, -0.2) is 9.38 Å². The molecule has 2 aromatic rings. The van der Waals surface area contributed by atoms with Gasteiger partial charge in [-0.2, -0.15) is 5.10 Å². The van der Waals surface area contributed by atoms with Gasteiger partial charge < -0.3 is 10.6 Å². The summed E-state index contributed by atoms with van der Waals surface area (Å²) in [4.78, 5) is 4.63. The first kappa shape index (κ1) is 19.9. The van der Waals surface area contributed by atoms with Crippen molar-refractivity contribution in [3.8, 4) is 0 Å². The van der Waals surface area contributed by atoms with Gasteiger partial charge in [-0.1, -0.05) is 26.0 Å². The maximum absolute atomic E-state index is 13.4. The van der Waals surface area contributed by atoms with Crippen LogP contribution in [0.4, 0.5) is 4.39 Å². The average Bonchev–Trinajstić information content (AvgIpc) is 2.94. The molecule has 2 N–H and O–H groups in total. The van der Waals surface area contributed by atoms with E-state index < -0.39 is 0 Å². The Morgan fingerprint density at radius 2 is 1.96 bits per heavy atom. The molecular weight excluding hydrogens is 329 g/mol. The van der Waals surface area contributed by atoms with Crippen LogP contribution in [0.25, 0.3) is 0 Å². The minimum absolute atomic E-state index is 0.182. The molecule has 26 heavy (non-hydrogen) atoms. The van der Waals surface area contributed by atoms with Gasteiger partial charge >= 0.3 is 0 Å². The Hall–Kier alpha value is -2.37. The Bertz CT molecular complexity index is 764. The highest BCUT2D eigenvalue weighted by Gasteiger charge is 2.13. The van der Waals surface area contributed by atoms with Crippen molar-refractivity contribution in [3.05, 3.63) is 52.1 Å². The minimum Gasteiger partial charge on any atom is -0.357 e. The van der Waals surface area contributed by atoms with E-state index in [4.69, 9.17) is 0 Å². The Kier molecular flexibility index (Phi) is 7.18. The van der Waals surface area contributed by atoms with Crippen LogP contribution in [0.5, 0.6) is 0 Å². The van der Waals surface area contributed by atoms with E-state index in [0.717, 1.165) is 36.6 Å². The van der Waals surface area contributed by atoms with E-state index in [0.29, 0.717) is 18.7 Å². The lowest BCUT2D eigenvalue weighted by Crippen LogP contribution is -2.37. The second kappa shape index (κ2) is 9.36. The number of benzene rings is 1. The summed E-state index contributed by atoms with van der Waals surface area (Å²) in [5, 5.41) is 11.3. The molecule has 0 unspecified atom stereocenters. The monoisotopic (exact) mass is 359 g/mol. The maximum atomic E-state index is 13.4. The van der Waals surface area contributed by atoms with Gasteiger partial charge in [0.15, 0.2) is 5.96 Å². The zero-order valence-corrected chi connectivity index (χ0v) is 16.5. The summed E-state index contributed by atoms with van der Waals surface area (Å²) >= 11 is 0. The topological polar surface area (TPSA) is 54.2 Å². The second-order valence-corrected chi connectivity index (χ2v) is 6.33. The van der Waals surface area contributed by atoms with E-state index in [1.165, 1.54) is 17.3 Å². The summed E-state index contributed by atoms with van der Waals surface area (Å²) < 4.78 is 15.4. The molecule has 0 atom stereocenters. The smallest absolute Gasteiger partial charge is 0.191 e. The van der Waals surface area contributed by atoms with E-state index in [9.17, 15) is 4.39 Å². The summed E-state index contributed by atoms with van der Waals surface area (Å²) in [5.41, 5.74) is 5.26. The highest BCUT2D eigenvalue weighted by Crippen LogP contribution is 2.15. The molecule has 0 spiro atoms. The third-order valence-corrected chi connectivity index (χ3v) is 4.45. The first-order valence-electron chi connectivity index (χ1n) is 9.30. The molecular formula is C20H30FN5. The molecule has 0 bridgehead atoms. The number of aliphatic imine (C=N–C) groups is 1. The number of aryl methyl sites for hydroxylation is 3. The first-order chi connectivity index (χ1) is 12.5.